The summed E-state index contributed by atoms with van der Waals surface area (Å²) in [5.41, 5.74) is 4.07. The highest BCUT2D eigenvalue weighted by Gasteiger charge is 2.27. The molecule has 28 heavy (non-hydrogen) atoms. The maximum Gasteiger partial charge on any atom is 0.256 e. The monoisotopic (exact) mass is 373 g/mol. The van der Waals surface area contributed by atoms with Gasteiger partial charge in [0.25, 0.3) is 5.91 Å². The van der Waals surface area contributed by atoms with E-state index in [1.165, 1.54) is 11.3 Å². The topological polar surface area (TPSA) is 63.7 Å². The fourth-order valence-corrected chi connectivity index (χ4v) is 3.79. The Labute approximate surface area is 162 Å². The predicted octanol–water partition coefficient (Wildman–Crippen LogP) is 4.15. The maximum atomic E-state index is 12.5. The van der Waals surface area contributed by atoms with Gasteiger partial charge < -0.3 is 19.7 Å². The number of hydrogen-bond acceptors (Lipinski definition) is 5. The lowest BCUT2D eigenvalue weighted by molar-refractivity contribution is 0.102. The molecule has 6 heteroatoms. The largest absolute Gasteiger partial charge is 0.454 e. The molecule has 0 saturated carbocycles. The van der Waals surface area contributed by atoms with Gasteiger partial charge in [0.1, 0.15) is 5.82 Å². The van der Waals surface area contributed by atoms with Crippen molar-refractivity contribution in [2.24, 2.45) is 0 Å². The van der Waals surface area contributed by atoms with Crippen LogP contribution < -0.4 is 19.7 Å². The molecule has 0 fully saturated rings. The van der Waals surface area contributed by atoms with Gasteiger partial charge in [-0.1, -0.05) is 18.2 Å². The number of nitrogens with one attached hydrogen (secondary N) is 1. The smallest absolute Gasteiger partial charge is 0.256 e. The van der Waals surface area contributed by atoms with Gasteiger partial charge in [0.2, 0.25) is 6.79 Å². The summed E-state index contributed by atoms with van der Waals surface area (Å²) in [5.74, 6) is 1.50. The van der Waals surface area contributed by atoms with E-state index in [0.717, 1.165) is 12.1 Å². The summed E-state index contributed by atoms with van der Waals surface area (Å²) < 4.78 is 10.6. The summed E-state index contributed by atoms with van der Waals surface area (Å²) >= 11 is 0. The van der Waals surface area contributed by atoms with E-state index in [1.807, 2.05) is 12.1 Å². The number of para-hydroxylation sites is 1. The Morgan fingerprint density at radius 2 is 1.96 bits per heavy atom. The second-order valence-electron chi connectivity index (χ2n) is 6.98. The average Bonchev–Trinajstić information content (AvgIpc) is 3.31. The lowest BCUT2D eigenvalue weighted by Crippen LogP contribution is -2.24. The van der Waals surface area contributed by atoms with Crippen molar-refractivity contribution in [3.63, 3.8) is 0 Å². The number of anilines is 3. The van der Waals surface area contributed by atoms with Crippen LogP contribution in [-0.4, -0.2) is 23.7 Å². The van der Waals surface area contributed by atoms with Gasteiger partial charge in [0.05, 0.1) is 11.9 Å². The Kier molecular flexibility index (Phi) is 3.90. The second kappa shape index (κ2) is 6.56. The highest BCUT2D eigenvalue weighted by molar-refractivity contribution is 6.04. The predicted molar refractivity (Wildman–Crippen MR) is 107 cm³/mol. The van der Waals surface area contributed by atoms with Crippen molar-refractivity contribution in [1.82, 2.24) is 4.98 Å². The number of nitrogens with zero attached hydrogens (tertiary/aromatic N) is 2. The van der Waals surface area contributed by atoms with Gasteiger partial charge >= 0.3 is 0 Å². The first kappa shape index (κ1) is 16.6. The summed E-state index contributed by atoms with van der Waals surface area (Å²) in [6.07, 6.45) is 2.81. The highest BCUT2D eigenvalue weighted by atomic mass is 16.7. The number of fused-ring (bicyclic) bond motifs is 2. The van der Waals surface area contributed by atoms with Crippen molar-refractivity contribution in [2.45, 2.75) is 19.4 Å². The normalized spacial score (nSPS) is 16.8. The molecule has 1 aromatic heterocycles. The highest BCUT2D eigenvalue weighted by Crippen LogP contribution is 2.38. The van der Waals surface area contributed by atoms with Crippen molar-refractivity contribution in [3.8, 4) is 11.5 Å². The first-order valence-corrected chi connectivity index (χ1v) is 9.23. The van der Waals surface area contributed by atoms with Crippen molar-refractivity contribution in [3.05, 3.63) is 71.9 Å². The van der Waals surface area contributed by atoms with Crippen LogP contribution >= 0.6 is 0 Å². The molecule has 0 saturated heterocycles. The van der Waals surface area contributed by atoms with Crippen LogP contribution in [0, 0.1) is 0 Å². The molecule has 2 aromatic carbocycles. The third kappa shape index (κ3) is 2.83. The number of hydrogen-bond donors (Lipinski definition) is 1. The Morgan fingerprint density at radius 3 is 2.82 bits per heavy atom. The summed E-state index contributed by atoms with van der Waals surface area (Å²) in [5, 5.41) is 2.83. The third-order valence-electron chi connectivity index (χ3n) is 5.11. The van der Waals surface area contributed by atoms with Gasteiger partial charge in [-0.05, 0) is 55.3 Å². The first-order valence-electron chi connectivity index (χ1n) is 9.23. The van der Waals surface area contributed by atoms with E-state index in [-0.39, 0.29) is 12.7 Å². The summed E-state index contributed by atoms with van der Waals surface area (Å²) in [7, 11) is 0. The third-order valence-corrected chi connectivity index (χ3v) is 5.11. The van der Waals surface area contributed by atoms with Gasteiger partial charge in [-0.2, -0.15) is 0 Å². The van der Waals surface area contributed by atoms with Crippen LogP contribution in [0.3, 0.4) is 0 Å². The molecule has 2 aliphatic rings. The van der Waals surface area contributed by atoms with Crippen molar-refractivity contribution in [1.29, 1.82) is 0 Å². The van der Waals surface area contributed by atoms with E-state index >= 15 is 0 Å². The van der Waals surface area contributed by atoms with E-state index in [0.29, 0.717) is 28.9 Å². The summed E-state index contributed by atoms with van der Waals surface area (Å²) in [4.78, 5) is 19.2. The Hall–Kier alpha value is -3.54. The van der Waals surface area contributed by atoms with E-state index in [4.69, 9.17) is 9.47 Å². The number of rotatable bonds is 3. The van der Waals surface area contributed by atoms with Crippen LogP contribution in [0.1, 0.15) is 22.8 Å². The molecule has 6 nitrogen and oxygen atoms in total. The summed E-state index contributed by atoms with van der Waals surface area (Å²) in [6.45, 7) is 2.39. The van der Waals surface area contributed by atoms with Crippen LogP contribution in [0.25, 0.3) is 0 Å². The quantitative estimate of drug-likeness (QED) is 0.747. The Morgan fingerprint density at radius 1 is 1.11 bits per heavy atom. The zero-order chi connectivity index (χ0) is 19.1. The van der Waals surface area contributed by atoms with E-state index in [1.54, 1.807) is 24.4 Å². The van der Waals surface area contributed by atoms with Crippen LogP contribution in [-0.2, 0) is 6.42 Å². The minimum Gasteiger partial charge on any atom is -0.454 e. The van der Waals surface area contributed by atoms with E-state index in [9.17, 15) is 4.79 Å². The average molecular weight is 373 g/mol. The lowest BCUT2D eigenvalue weighted by atomic mass is 10.1. The number of pyridine rings is 1. The van der Waals surface area contributed by atoms with Gasteiger partial charge in [-0.15, -0.1) is 0 Å². The van der Waals surface area contributed by atoms with Gasteiger partial charge in [-0.25, -0.2) is 4.98 Å². The number of carbonyl (C=O) groups is 1. The first-order chi connectivity index (χ1) is 13.7. The molecule has 1 unspecified atom stereocenters. The molecule has 0 bridgehead atoms. The standard InChI is InChI=1S/C22H19N3O3/c1-14-10-15-4-2-3-5-18(15)25(14)17-7-9-21(23-12-17)24-22(26)16-6-8-19-20(11-16)28-13-27-19/h2-9,11-12,14H,10,13H2,1H3,(H,23,24,26). The van der Waals surface area contributed by atoms with Gasteiger partial charge in [0.15, 0.2) is 11.5 Å². The molecule has 0 spiro atoms. The summed E-state index contributed by atoms with van der Waals surface area (Å²) in [6, 6.07) is 17.7. The fraction of sp³-hybridized carbons (Fsp3) is 0.182. The zero-order valence-electron chi connectivity index (χ0n) is 15.4. The number of benzene rings is 2. The molecule has 2 aliphatic heterocycles. The molecule has 140 valence electrons. The SMILES string of the molecule is CC1Cc2ccccc2N1c1ccc(NC(=O)c2ccc3c(c2)OCO3)nc1. The van der Waals surface area contributed by atoms with Crippen molar-refractivity contribution >= 4 is 23.1 Å². The minimum atomic E-state index is -0.238. The molecule has 3 aromatic rings. The van der Waals surface area contributed by atoms with Crippen LogP contribution in [0.15, 0.2) is 60.8 Å². The lowest BCUT2D eigenvalue weighted by Gasteiger charge is -2.24. The molecule has 5 rings (SSSR count). The maximum absolute atomic E-state index is 12.5. The number of carbonyl (C=O) groups excluding carboxylic acids is 1. The number of amides is 1. The van der Waals surface area contributed by atoms with Gasteiger partial charge in [-0.3, -0.25) is 4.79 Å². The van der Waals surface area contributed by atoms with Crippen LogP contribution in [0.4, 0.5) is 17.2 Å². The number of ether oxygens (including phenoxy) is 2. The molecular weight excluding hydrogens is 354 g/mol. The zero-order valence-corrected chi connectivity index (χ0v) is 15.4. The molecule has 1 N–H and O–H groups in total. The Bertz CT molecular complexity index is 1050. The van der Waals surface area contributed by atoms with Crippen molar-refractivity contribution in [2.75, 3.05) is 17.0 Å². The Balaban J connectivity index is 1.34. The molecular formula is C22H19N3O3. The van der Waals surface area contributed by atoms with E-state index < -0.39 is 0 Å². The fourth-order valence-electron chi connectivity index (χ4n) is 3.79. The number of aromatic nitrogens is 1. The molecule has 3 heterocycles. The van der Waals surface area contributed by atoms with Crippen LogP contribution in [0.5, 0.6) is 11.5 Å². The second-order valence-corrected chi connectivity index (χ2v) is 6.98. The van der Waals surface area contributed by atoms with E-state index in [2.05, 4.69) is 46.4 Å². The molecule has 1 amide bonds. The molecule has 0 aliphatic carbocycles. The molecule has 1 atom stereocenters. The minimum absolute atomic E-state index is 0.182. The van der Waals surface area contributed by atoms with Gasteiger partial charge in [0, 0.05) is 17.3 Å². The van der Waals surface area contributed by atoms with Crippen LogP contribution in [0.2, 0.25) is 0 Å². The molecule has 0 radical (unpaired) electrons. The van der Waals surface area contributed by atoms with Crippen molar-refractivity contribution < 1.29 is 14.3 Å².